The first kappa shape index (κ1) is 16.1. The second-order valence-corrected chi connectivity index (χ2v) is 6.13. The molecule has 0 aliphatic carbocycles. The van der Waals surface area contributed by atoms with Gasteiger partial charge in [-0.25, -0.2) is 4.98 Å². The van der Waals surface area contributed by atoms with Gasteiger partial charge in [0.25, 0.3) is 0 Å². The van der Waals surface area contributed by atoms with E-state index < -0.39 is 0 Å². The van der Waals surface area contributed by atoms with Gasteiger partial charge in [-0.3, -0.25) is 0 Å². The molecular formula is C17H24ClN3. The van der Waals surface area contributed by atoms with Gasteiger partial charge in [-0.1, -0.05) is 38.4 Å². The molecule has 2 rings (SSSR count). The maximum absolute atomic E-state index is 6.42. The van der Waals surface area contributed by atoms with Crippen molar-refractivity contribution < 1.29 is 0 Å². The number of benzene rings is 1. The van der Waals surface area contributed by atoms with E-state index in [2.05, 4.69) is 41.7 Å². The molecule has 0 saturated carbocycles. The molecule has 1 heterocycles. The van der Waals surface area contributed by atoms with E-state index in [9.17, 15) is 0 Å². The summed E-state index contributed by atoms with van der Waals surface area (Å²) in [6.45, 7) is 8.33. The van der Waals surface area contributed by atoms with Crippen molar-refractivity contribution in [1.29, 1.82) is 0 Å². The fraction of sp³-hybridized carbons (Fsp3) is 0.471. The van der Waals surface area contributed by atoms with E-state index in [0.717, 1.165) is 48.0 Å². The first-order valence-electron chi connectivity index (χ1n) is 7.64. The summed E-state index contributed by atoms with van der Waals surface area (Å²) in [6.07, 6.45) is 5.93. The molecule has 21 heavy (non-hydrogen) atoms. The highest BCUT2D eigenvalue weighted by molar-refractivity contribution is 6.31. The minimum absolute atomic E-state index is 0.625. The molecule has 4 heteroatoms. The Morgan fingerprint density at radius 3 is 2.86 bits per heavy atom. The monoisotopic (exact) mass is 305 g/mol. The van der Waals surface area contributed by atoms with Crippen molar-refractivity contribution in [3.63, 3.8) is 0 Å². The number of nitrogens with zero attached hydrogens (tertiary/aromatic N) is 2. The molecule has 114 valence electrons. The topological polar surface area (TPSA) is 29.9 Å². The van der Waals surface area contributed by atoms with Crippen molar-refractivity contribution in [2.45, 2.75) is 40.2 Å². The van der Waals surface area contributed by atoms with Gasteiger partial charge in [0.1, 0.15) is 5.82 Å². The quantitative estimate of drug-likeness (QED) is 0.830. The molecule has 2 aromatic rings. The Morgan fingerprint density at radius 2 is 2.14 bits per heavy atom. The van der Waals surface area contributed by atoms with Crippen LogP contribution in [0.3, 0.4) is 0 Å². The molecule has 3 nitrogen and oxygen atoms in total. The van der Waals surface area contributed by atoms with Crippen LogP contribution in [-0.4, -0.2) is 16.1 Å². The lowest BCUT2D eigenvalue weighted by Gasteiger charge is -2.16. The predicted octanol–water partition coefficient (Wildman–Crippen LogP) is 4.22. The summed E-state index contributed by atoms with van der Waals surface area (Å²) in [5.74, 6) is 1.71. The van der Waals surface area contributed by atoms with Gasteiger partial charge < -0.3 is 9.88 Å². The fourth-order valence-corrected chi connectivity index (χ4v) is 2.63. The summed E-state index contributed by atoms with van der Waals surface area (Å²) in [7, 11) is 0. The molecule has 0 aliphatic heterocycles. The van der Waals surface area contributed by atoms with Gasteiger partial charge in [0.2, 0.25) is 0 Å². The largest absolute Gasteiger partial charge is 0.312 e. The standard InChI is InChI=1S/C17H24ClN3/c1-4-6-17-20-9-10-21(17)16-8-5-7-15(18)14(16)12-19-11-13(2)3/h5,7-10,13,19H,4,6,11-12H2,1-3H3. The summed E-state index contributed by atoms with van der Waals surface area (Å²) >= 11 is 6.42. The molecule has 0 saturated heterocycles. The minimum Gasteiger partial charge on any atom is -0.312 e. The van der Waals surface area contributed by atoms with Crippen molar-refractivity contribution in [2.75, 3.05) is 6.54 Å². The van der Waals surface area contributed by atoms with Gasteiger partial charge in [0.15, 0.2) is 0 Å². The van der Waals surface area contributed by atoms with Gasteiger partial charge >= 0.3 is 0 Å². The Balaban J connectivity index is 2.30. The minimum atomic E-state index is 0.625. The van der Waals surface area contributed by atoms with Crippen molar-refractivity contribution in [1.82, 2.24) is 14.9 Å². The van der Waals surface area contributed by atoms with Crippen molar-refractivity contribution in [3.8, 4) is 5.69 Å². The number of hydrogen-bond donors (Lipinski definition) is 1. The van der Waals surface area contributed by atoms with Crippen LogP contribution < -0.4 is 5.32 Å². The van der Waals surface area contributed by atoms with E-state index in [1.54, 1.807) is 0 Å². The van der Waals surface area contributed by atoms with Gasteiger partial charge in [-0.2, -0.15) is 0 Å². The van der Waals surface area contributed by atoms with Crippen LogP contribution in [0.5, 0.6) is 0 Å². The lowest BCUT2D eigenvalue weighted by atomic mass is 10.1. The Kier molecular flexibility index (Phi) is 5.83. The van der Waals surface area contributed by atoms with Crippen molar-refractivity contribution in [2.24, 2.45) is 5.92 Å². The van der Waals surface area contributed by atoms with E-state index in [1.807, 2.05) is 24.5 Å². The Bertz CT molecular complexity index is 575. The Morgan fingerprint density at radius 1 is 1.33 bits per heavy atom. The number of hydrogen-bond acceptors (Lipinski definition) is 2. The Labute approximate surface area is 132 Å². The highest BCUT2D eigenvalue weighted by atomic mass is 35.5. The summed E-state index contributed by atoms with van der Waals surface area (Å²) in [6, 6.07) is 6.06. The maximum atomic E-state index is 6.42. The van der Waals surface area contributed by atoms with E-state index in [1.165, 1.54) is 0 Å². The second-order valence-electron chi connectivity index (χ2n) is 5.73. The first-order valence-corrected chi connectivity index (χ1v) is 8.02. The third-order valence-electron chi connectivity index (χ3n) is 3.40. The third kappa shape index (κ3) is 4.08. The molecule has 0 unspecified atom stereocenters. The van der Waals surface area contributed by atoms with Crippen LogP contribution in [0, 0.1) is 5.92 Å². The lowest BCUT2D eigenvalue weighted by molar-refractivity contribution is 0.551. The highest BCUT2D eigenvalue weighted by Gasteiger charge is 2.11. The maximum Gasteiger partial charge on any atom is 0.113 e. The van der Waals surface area contributed by atoms with E-state index in [0.29, 0.717) is 5.92 Å². The number of aromatic nitrogens is 2. The first-order chi connectivity index (χ1) is 10.1. The second kappa shape index (κ2) is 7.62. The van der Waals surface area contributed by atoms with Crippen LogP contribution in [0.15, 0.2) is 30.6 Å². The number of nitrogens with one attached hydrogen (secondary N) is 1. The number of rotatable bonds is 7. The predicted molar refractivity (Wildman–Crippen MR) is 89.1 cm³/mol. The average Bonchev–Trinajstić information content (AvgIpc) is 2.89. The molecule has 0 amide bonds. The molecule has 0 bridgehead atoms. The average molecular weight is 306 g/mol. The van der Waals surface area contributed by atoms with E-state index >= 15 is 0 Å². The summed E-state index contributed by atoms with van der Waals surface area (Å²) in [5.41, 5.74) is 2.26. The summed E-state index contributed by atoms with van der Waals surface area (Å²) < 4.78 is 2.15. The molecule has 0 aliphatic rings. The zero-order valence-electron chi connectivity index (χ0n) is 13.1. The molecule has 0 fully saturated rings. The van der Waals surface area contributed by atoms with Crippen LogP contribution in [-0.2, 0) is 13.0 Å². The van der Waals surface area contributed by atoms with Crippen molar-refractivity contribution in [3.05, 3.63) is 47.0 Å². The van der Waals surface area contributed by atoms with Gasteiger partial charge in [0, 0.05) is 35.9 Å². The molecule has 0 atom stereocenters. The Hall–Kier alpha value is -1.32. The molecule has 1 N–H and O–H groups in total. The molecule has 0 spiro atoms. The molecule has 0 radical (unpaired) electrons. The zero-order chi connectivity index (χ0) is 15.2. The normalized spacial score (nSPS) is 11.3. The third-order valence-corrected chi connectivity index (χ3v) is 3.75. The smallest absolute Gasteiger partial charge is 0.113 e. The van der Waals surface area contributed by atoms with Gasteiger partial charge in [-0.15, -0.1) is 0 Å². The summed E-state index contributed by atoms with van der Waals surface area (Å²) in [4.78, 5) is 4.46. The van der Waals surface area contributed by atoms with E-state index in [4.69, 9.17) is 11.6 Å². The van der Waals surface area contributed by atoms with Crippen LogP contribution in [0.4, 0.5) is 0 Å². The van der Waals surface area contributed by atoms with Gasteiger partial charge in [-0.05, 0) is 31.0 Å². The fourth-order valence-electron chi connectivity index (χ4n) is 2.40. The van der Waals surface area contributed by atoms with Crippen LogP contribution in [0.1, 0.15) is 38.6 Å². The number of imidazole rings is 1. The molecule has 1 aromatic heterocycles. The number of halogens is 1. The lowest BCUT2D eigenvalue weighted by Crippen LogP contribution is -2.20. The molecular weight excluding hydrogens is 282 g/mol. The van der Waals surface area contributed by atoms with E-state index in [-0.39, 0.29) is 0 Å². The van der Waals surface area contributed by atoms with Crippen LogP contribution >= 0.6 is 11.6 Å². The SMILES string of the molecule is CCCc1nccn1-c1cccc(Cl)c1CNCC(C)C. The van der Waals surface area contributed by atoms with Crippen LogP contribution in [0.2, 0.25) is 5.02 Å². The number of aryl methyl sites for hydroxylation is 1. The summed E-state index contributed by atoms with van der Waals surface area (Å²) in [5, 5.41) is 4.28. The highest BCUT2D eigenvalue weighted by Crippen LogP contribution is 2.24. The zero-order valence-corrected chi connectivity index (χ0v) is 13.8. The molecule has 1 aromatic carbocycles. The van der Waals surface area contributed by atoms with Crippen LogP contribution in [0.25, 0.3) is 5.69 Å². The van der Waals surface area contributed by atoms with Gasteiger partial charge in [0.05, 0.1) is 5.69 Å². The van der Waals surface area contributed by atoms with Crippen molar-refractivity contribution >= 4 is 11.6 Å².